The Bertz CT molecular complexity index is 454. The molecule has 0 saturated heterocycles. The van der Waals surface area contributed by atoms with E-state index in [4.69, 9.17) is 4.42 Å². The predicted octanol–water partition coefficient (Wildman–Crippen LogP) is 2.55. The van der Waals surface area contributed by atoms with Crippen molar-refractivity contribution in [2.45, 2.75) is 12.8 Å². The van der Waals surface area contributed by atoms with Gasteiger partial charge in [0, 0.05) is 11.8 Å². The maximum absolute atomic E-state index is 5.58. The number of nitrogens with zero attached hydrogens (tertiary/aromatic N) is 2. The molecule has 0 bridgehead atoms. The van der Waals surface area contributed by atoms with Crippen LogP contribution in [0.2, 0.25) is 0 Å². The molecule has 0 aromatic carbocycles. The van der Waals surface area contributed by atoms with Gasteiger partial charge in [-0.3, -0.25) is 0 Å². The van der Waals surface area contributed by atoms with Crippen LogP contribution in [0.1, 0.15) is 12.3 Å². The lowest BCUT2D eigenvalue weighted by Crippen LogP contribution is -2.08. The Morgan fingerprint density at radius 3 is 3.06 bits per heavy atom. The van der Waals surface area contributed by atoms with Gasteiger partial charge in [-0.25, -0.2) is 0 Å². The van der Waals surface area contributed by atoms with E-state index in [0.717, 1.165) is 24.9 Å². The summed E-state index contributed by atoms with van der Waals surface area (Å²) in [6.07, 6.45) is 1.84. The lowest BCUT2D eigenvalue weighted by Gasteiger charge is -1.94. The van der Waals surface area contributed by atoms with Crippen molar-refractivity contribution in [3.8, 4) is 11.5 Å². The van der Waals surface area contributed by atoms with Gasteiger partial charge in [-0.05, 0) is 48.7 Å². The van der Waals surface area contributed by atoms with Gasteiger partial charge in [0.05, 0.1) is 8.45 Å². The summed E-state index contributed by atoms with van der Waals surface area (Å²) in [5.74, 6) is 1.34. The first kappa shape index (κ1) is 12.0. The molecule has 0 aliphatic rings. The smallest absolute Gasteiger partial charge is 0.248 e. The van der Waals surface area contributed by atoms with Gasteiger partial charge in [-0.15, -0.1) is 21.5 Å². The van der Waals surface area contributed by atoms with Crippen molar-refractivity contribution in [1.29, 1.82) is 0 Å². The van der Waals surface area contributed by atoms with Crippen molar-refractivity contribution < 1.29 is 4.42 Å². The quantitative estimate of drug-likeness (QED) is 0.666. The number of hydrogen-bond donors (Lipinski definition) is 1. The summed E-state index contributed by atoms with van der Waals surface area (Å²) in [4.78, 5) is 0. The van der Waals surface area contributed by atoms with Crippen LogP contribution < -0.4 is 5.32 Å². The highest BCUT2D eigenvalue weighted by Crippen LogP contribution is 2.25. The summed E-state index contributed by atoms with van der Waals surface area (Å²) in [7, 11) is 1.94. The third kappa shape index (κ3) is 3.02. The Balaban J connectivity index is 2.02. The maximum Gasteiger partial charge on any atom is 0.248 e. The standard InChI is InChI=1S/C10H12IN3OS/c1-12-4-2-3-9-13-14-10(15-9)7-5-8(11)16-6-7/h5-6,12H,2-4H2,1H3. The first-order valence-electron chi connectivity index (χ1n) is 5.01. The second kappa shape index (κ2) is 5.74. The van der Waals surface area contributed by atoms with Crippen LogP contribution in [0.15, 0.2) is 15.9 Å². The van der Waals surface area contributed by atoms with Crippen LogP contribution in [0.3, 0.4) is 0 Å². The summed E-state index contributed by atoms with van der Waals surface area (Å²) in [6, 6.07) is 2.05. The first-order chi connectivity index (χ1) is 7.79. The molecular formula is C10H12IN3OS. The molecule has 86 valence electrons. The van der Waals surface area contributed by atoms with Gasteiger partial charge in [0.1, 0.15) is 0 Å². The minimum absolute atomic E-state index is 0.624. The number of aromatic nitrogens is 2. The van der Waals surface area contributed by atoms with Crippen molar-refractivity contribution in [3.05, 3.63) is 20.2 Å². The largest absolute Gasteiger partial charge is 0.421 e. The summed E-state index contributed by atoms with van der Waals surface area (Å²) in [5, 5.41) is 13.2. The highest BCUT2D eigenvalue weighted by atomic mass is 127. The number of rotatable bonds is 5. The Morgan fingerprint density at radius 2 is 2.38 bits per heavy atom. The molecule has 2 heterocycles. The van der Waals surface area contributed by atoms with E-state index in [1.807, 2.05) is 12.4 Å². The Hall–Kier alpha value is -0.470. The first-order valence-corrected chi connectivity index (χ1v) is 6.97. The van der Waals surface area contributed by atoms with E-state index in [1.165, 1.54) is 2.88 Å². The summed E-state index contributed by atoms with van der Waals surface area (Å²) >= 11 is 3.96. The maximum atomic E-state index is 5.58. The molecule has 6 heteroatoms. The fraction of sp³-hybridized carbons (Fsp3) is 0.400. The minimum Gasteiger partial charge on any atom is -0.421 e. The molecule has 0 unspecified atom stereocenters. The van der Waals surface area contributed by atoms with E-state index in [1.54, 1.807) is 11.3 Å². The monoisotopic (exact) mass is 349 g/mol. The fourth-order valence-electron chi connectivity index (χ4n) is 1.31. The van der Waals surface area contributed by atoms with Gasteiger partial charge >= 0.3 is 0 Å². The number of nitrogens with one attached hydrogen (secondary N) is 1. The number of thiophene rings is 1. The molecule has 0 spiro atoms. The second-order valence-electron chi connectivity index (χ2n) is 3.35. The molecule has 2 aromatic rings. The normalized spacial score (nSPS) is 10.9. The number of hydrogen-bond acceptors (Lipinski definition) is 5. The number of aryl methyl sites for hydroxylation is 1. The lowest BCUT2D eigenvalue weighted by atomic mass is 10.3. The van der Waals surface area contributed by atoms with Gasteiger partial charge in [-0.2, -0.15) is 0 Å². The van der Waals surface area contributed by atoms with Gasteiger partial charge in [-0.1, -0.05) is 0 Å². The summed E-state index contributed by atoms with van der Waals surface area (Å²) < 4.78 is 6.81. The molecule has 0 amide bonds. The van der Waals surface area contributed by atoms with Crippen molar-refractivity contribution >= 4 is 33.9 Å². The average Bonchev–Trinajstić information content (AvgIpc) is 2.87. The highest BCUT2D eigenvalue weighted by molar-refractivity contribution is 14.1. The molecule has 0 saturated carbocycles. The van der Waals surface area contributed by atoms with Crippen molar-refractivity contribution in [2.24, 2.45) is 0 Å². The predicted molar refractivity (Wildman–Crippen MR) is 72.6 cm³/mol. The Kier molecular flexibility index (Phi) is 4.30. The summed E-state index contributed by atoms with van der Waals surface area (Å²) in [6.45, 7) is 0.966. The van der Waals surface area contributed by atoms with E-state index < -0.39 is 0 Å². The molecule has 2 aromatic heterocycles. The molecule has 4 nitrogen and oxygen atoms in total. The molecule has 1 N–H and O–H groups in total. The van der Waals surface area contributed by atoms with E-state index in [9.17, 15) is 0 Å². The molecule has 2 rings (SSSR count). The van der Waals surface area contributed by atoms with Gasteiger partial charge in [0.25, 0.3) is 0 Å². The van der Waals surface area contributed by atoms with Crippen molar-refractivity contribution in [3.63, 3.8) is 0 Å². The third-order valence-corrected chi connectivity index (χ3v) is 3.89. The van der Waals surface area contributed by atoms with Crippen LogP contribution in [0.4, 0.5) is 0 Å². The van der Waals surface area contributed by atoms with Gasteiger partial charge < -0.3 is 9.73 Å². The summed E-state index contributed by atoms with van der Waals surface area (Å²) in [5.41, 5.74) is 1.02. The number of halogens is 1. The molecule has 0 atom stereocenters. The van der Waals surface area contributed by atoms with Crippen LogP contribution in [0.25, 0.3) is 11.5 Å². The molecular weight excluding hydrogens is 337 g/mol. The molecule has 0 fully saturated rings. The highest BCUT2D eigenvalue weighted by Gasteiger charge is 2.09. The Labute approximate surface area is 112 Å². The SMILES string of the molecule is CNCCCc1nnc(-c2csc(I)c2)o1. The zero-order valence-electron chi connectivity index (χ0n) is 8.86. The second-order valence-corrected chi connectivity index (χ2v) is 6.15. The Morgan fingerprint density at radius 1 is 1.50 bits per heavy atom. The fourth-order valence-corrected chi connectivity index (χ4v) is 2.63. The van der Waals surface area contributed by atoms with Crippen molar-refractivity contribution in [2.75, 3.05) is 13.6 Å². The molecule has 16 heavy (non-hydrogen) atoms. The van der Waals surface area contributed by atoms with Gasteiger partial charge in [0.15, 0.2) is 0 Å². The van der Waals surface area contributed by atoms with Crippen LogP contribution in [-0.2, 0) is 6.42 Å². The zero-order chi connectivity index (χ0) is 11.4. The molecule has 0 aliphatic heterocycles. The third-order valence-electron chi connectivity index (χ3n) is 2.10. The van der Waals surface area contributed by atoms with Crippen LogP contribution in [0.5, 0.6) is 0 Å². The van der Waals surface area contributed by atoms with E-state index in [-0.39, 0.29) is 0 Å². The molecule has 0 radical (unpaired) electrons. The molecule has 0 aliphatic carbocycles. The van der Waals surface area contributed by atoms with E-state index in [0.29, 0.717) is 11.8 Å². The van der Waals surface area contributed by atoms with Crippen LogP contribution in [0, 0.1) is 2.88 Å². The topological polar surface area (TPSA) is 51.0 Å². The van der Waals surface area contributed by atoms with Crippen LogP contribution in [-0.4, -0.2) is 23.8 Å². The van der Waals surface area contributed by atoms with E-state index in [2.05, 4.69) is 44.2 Å². The lowest BCUT2D eigenvalue weighted by molar-refractivity contribution is 0.495. The van der Waals surface area contributed by atoms with Gasteiger partial charge in [0.2, 0.25) is 11.8 Å². The van der Waals surface area contributed by atoms with E-state index >= 15 is 0 Å². The van der Waals surface area contributed by atoms with Crippen LogP contribution >= 0.6 is 33.9 Å². The van der Waals surface area contributed by atoms with Crippen molar-refractivity contribution in [1.82, 2.24) is 15.5 Å². The minimum atomic E-state index is 0.624. The zero-order valence-corrected chi connectivity index (χ0v) is 11.8. The average molecular weight is 349 g/mol.